The van der Waals surface area contributed by atoms with Gasteiger partial charge in [-0.15, -0.1) is 0 Å². The monoisotopic (exact) mass is 310 g/mol. The van der Waals surface area contributed by atoms with Crippen LogP contribution >= 0.6 is 0 Å². The van der Waals surface area contributed by atoms with Gasteiger partial charge in [-0.3, -0.25) is 4.79 Å². The summed E-state index contributed by atoms with van der Waals surface area (Å²) < 4.78 is 27.0. The highest BCUT2D eigenvalue weighted by Crippen LogP contribution is 2.38. The van der Waals surface area contributed by atoms with Crippen LogP contribution in [-0.4, -0.2) is 31.7 Å². The van der Waals surface area contributed by atoms with Crippen LogP contribution in [0.1, 0.15) is 44.2 Å². The Morgan fingerprint density at radius 2 is 1.90 bits per heavy atom. The first-order chi connectivity index (χ1) is 9.81. The molecule has 0 aliphatic carbocycles. The minimum absolute atomic E-state index is 0.0271. The van der Waals surface area contributed by atoms with Gasteiger partial charge in [0.25, 0.3) is 0 Å². The number of anilines is 1. The van der Waals surface area contributed by atoms with E-state index in [2.05, 4.69) is 5.32 Å². The fourth-order valence-corrected chi connectivity index (χ4v) is 4.51. The summed E-state index contributed by atoms with van der Waals surface area (Å²) >= 11 is 0. The highest BCUT2D eigenvalue weighted by Gasteiger charge is 2.31. The van der Waals surface area contributed by atoms with Gasteiger partial charge in [0.1, 0.15) is 4.90 Å². The van der Waals surface area contributed by atoms with Crippen molar-refractivity contribution >= 4 is 21.6 Å². The molecule has 0 radical (unpaired) electrons. The van der Waals surface area contributed by atoms with E-state index in [1.54, 1.807) is 6.07 Å². The van der Waals surface area contributed by atoms with E-state index in [0.717, 1.165) is 11.1 Å². The molecule has 1 amide bonds. The topological polar surface area (TPSA) is 66.5 Å². The van der Waals surface area contributed by atoms with Crippen molar-refractivity contribution in [2.75, 3.05) is 18.4 Å². The predicted octanol–water partition coefficient (Wildman–Crippen LogP) is 2.47. The Hall–Kier alpha value is -1.40. The van der Waals surface area contributed by atoms with Crippen molar-refractivity contribution in [2.45, 2.75) is 44.9 Å². The van der Waals surface area contributed by atoms with Crippen LogP contribution in [0.4, 0.5) is 5.69 Å². The highest BCUT2D eigenvalue weighted by atomic mass is 32.2. The van der Waals surface area contributed by atoms with E-state index in [4.69, 9.17) is 0 Å². The molecule has 0 bridgehead atoms. The van der Waals surface area contributed by atoms with Crippen LogP contribution in [0, 0.1) is 6.92 Å². The van der Waals surface area contributed by atoms with Crippen LogP contribution in [0.25, 0.3) is 0 Å². The maximum atomic E-state index is 12.8. The van der Waals surface area contributed by atoms with Crippen molar-refractivity contribution in [1.82, 2.24) is 4.31 Å². The molecule has 5 nitrogen and oxygen atoms in total. The number of sulfonamides is 1. The molecule has 2 rings (SSSR count). The number of aryl methyl sites for hydroxylation is 1. The molecule has 1 N–H and O–H groups in total. The summed E-state index contributed by atoms with van der Waals surface area (Å²) in [6, 6.07) is 3.60. The number of amides is 1. The van der Waals surface area contributed by atoms with Crippen molar-refractivity contribution in [3.8, 4) is 0 Å². The van der Waals surface area contributed by atoms with E-state index >= 15 is 0 Å². The van der Waals surface area contributed by atoms with Crippen LogP contribution in [0.15, 0.2) is 17.0 Å². The zero-order chi connectivity index (χ0) is 15.8. The first kappa shape index (κ1) is 16.0. The van der Waals surface area contributed by atoms with E-state index < -0.39 is 10.0 Å². The predicted molar refractivity (Wildman–Crippen MR) is 82.9 cm³/mol. The van der Waals surface area contributed by atoms with Gasteiger partial charge in [0.05, 0.1) is 5.69 Å². The SMILES string of the molecule is CCN(CC)S(=O)(=O)c1cc(C)cc2c1NC(=O)CC2C. The van der Waals surface area contributed by atoms with Crippen molar-refractivity contribution in [3.05, 3.63) is 23.3 Å². The summed E-state index contributed by atoms with van der Waals surface area (Å²) in [7, 11) is -3.59. The molecule has 0 aromatic heterocycles. The van der Waals surface area contributed by atoms with Gasteiger partial charge in [-0.25, -0.2) is 8.42 Å². The van der Waals surface area contributed by atoms with Gasteiger partial charge in [-0.1, -0.05) is 26.8 Å². The Kier molecular flexibility index (Phi) is 4.39. The Balaban J connectivity index is 2.68. The molecule has 0 spiro atoms. The summed E-state index contributed by atoms with van der Waals surface area (Å²) in [5, 5.41) is 2.75. The molecular weight excluding hydrogens is 288 g/mol. The fourth-order valence-electron chi connectivity index (χ4n) is 2.79. The quantitative estimate of drug-likeness (QED) is 0.929. The smallest absolute Gasteiger partial charge is 0.245 e. The average Bonchev–Trinajstić information content (AvgIpc) is 2.40. The van der Waals surface area contributed by atoms with Gasteiger partial charge in [-0.05, 0) is 30.0 Å². The number of fused-ring (bicyclic) bond motifs is 1. The molecular formula is C15H22N2O3S. The molecule has 1 aliphatic rings. The summed E-state index contributed by atoms with van der Waals surface area (Å²) in [6.45, 7) is 8.26. The number of nitrogens with zero attached hydrogens (tertiary/aromatic N) is 1. The number of hydrogen-bond donors (Lipinski definition) is 1. The lowest BCUT2D eigenvalue weighted by Crippen LogP contribution is -2.32. The number of rotatable bonds is 4. The maximum absolute atomic E-state index is 12.8. The van der Waals surface area contributed by atoms with Crippen molar-refractivity contribution in [1.29, 1.82) is 0 Å². The van der Waals surface area contributed by atoms with Crippen LogP contribution in [0.3, 0.4) is 0 Å². The molecule has 6 heteroatoms. The summed E-state index contributed by atoms with van der Waals surface area (Å²) in [6.07, 6.45) is 0.390. The number of hydrogen-bond acceptors (Lipinski definition) is 3. The van der Waals surface area contributed by atoms with Gasteiger partial charge in [0, 0.05) is 19.5 Å². The molecule has 1 atom stereocenters. The second kappa shape index (κ2) is 5.77. The van der Waals surface area contributed by atoms with Crippen LogP contribution in [0.2, 0.25) is 0 Å². The zero-order valence-electron chi connectivity index (χ0n) is 12.9. The lowest BCUT2D eigenvalue weighted by molar-refractivity contribution is -0.116. The van der Waals surface area contributed by atoms with Crippen molar-refractivity contribution in [3.63, 3.8) is 0 Å². The van der Waals surface area contributed by atoms with Gasteiger partial charge in [0.2, 0.25) is 15.9 Å². The molecule has 21 heavy (non-hydrogen) atoms. The highest BCUT2D eigenvalue weighted by molar-refractivity contribution is 7.89. The molecule has 0 saturated heterocycles. The molecule has 116 valence electrons. The van der Waals surface area contributed by atoms with E-state index in [1.165, 1.54) is 4.31 Å². The third kappa shape index (κ3) is 2.82. The van der Waals surface area contributed by atoms with Crippen molar-refractivity contribution < 1.29 is 13.2 Å². The number of nitrogens with one attached hydrogen (secondary N) is 1. The lowest BCUT2D eigenvalue weighted by Gasteiger charge is -2.27. The minimum Gasteiger partial charge on any atom is -0.325 e. The molecule has 1 aromatic carbocycles. The van der Waals surface area contributed by atoms with Gasteiger partial charge in [-0.2, -0.15) is 4.31 Å². The second-order valence-electron chi connectivity index (χ2n) is 5.47. The molecule has 0 saturated carbocycles. The normalized spacial score (nSPS) is 18.5. The fraction of sp³-hybridized carbons (Fsp3) is 0.533. The maximum Gasteiger partial charge on any atom is 0.245 e. The van der Waals surface area contributed by atoms with E-state index in [1.807, 2.05) is 33.8 Å². The number of benzene rings is 1. The van der Waals surface area contributed by atoms with Crippen LogP contribution in [-0.2, 0) is 14.8 Å². The van der Waals surface area contributed by atoms with E-state index in [9.17, 15) is 13.2 Å². The Labute approximate surface area is 126 Å². The van der Waals surface area contributed by atoms with Crippen LogP contribution in [0.5, 0.6) is 0 Å². The third-order valence-corrected chi connectivity index (χ3v) is 5.96. The summed E-state index contributed by atoms with van der Waals surface area (Å²) in [5.74, 6) is -0.103. The minimum atomic E-state index is -3.59. The summed E-state index contributed by atoms with van der Waals surface area (Å²) in [5.41, 5.74) is 2.25. The molecule has 0 fully saturated rings. The van der Waals surface area contributed by atoms with Gasteiger partial charge < -0.3 is 5.32 Å². The zero-order valence-corrected chi connectivity index (χ0v) is 13.8. The third-order valence-electron chi connectivity index (χ3n) is 3.89. The lowest BCUT2D eigenvalue weighted by atomic mass is 9.91. The van der Waals surface area contributed by atoms with Gasteiger partial charge in [0.15, 0.2) is 0 Å². The van der Waals surface area contributed by atoms with Crippen molar-refractivity contribution in [2.24, 2.45) is 0 Å². The molecule has 1 aliphatic heterocycles. The van der Waals surface area contributed by atoms with E-state index in [0.29, 0.717) is 25.2 Å². The first-order valence-corrected chi connectivity index (χ1v) is 8.69. The van der Waals surface area contributed by atoms with E-state index in [-0.39, 0.29) is 16.7 Å². The number of carbonyl (C=O) groups is 1. The molecule has 1 aromatic rings. The second-order valence-corrected chi connectivity index (χ2v) is 7.38. The Morgan fingerprint density at radius 1 is 1.29 bits per heavy atom. The molecule has 1 unspecified atom stereocenters. The van der Waals surface area contributed by atoms with Gasteiger partial charge >= 0.3 is 0 Å². The first-order valence-electron chi connectivity index (χ1n) is 7.25. The van der Waals surface area contributed by atoms with Crippen LogP contribution < -0.4 is 5.32 Å². The molecule has 1 heterocycles. The largest absolute Gasteiger partial charge is 0.325 e. The average molecular weight is 310 g/mol. The Bertz CT molecular complexity index is 664. The number of carbonyl (C=O) groups excluding carboxylic acids is 1. The standard InChI is InChI=1S/C15H22N2O3S/c1-5-17(6-2)21(19,20)13-8-10(3)7-12-11(4)9-14(18)16-15(12)13/h7-8,11H,5-6,9H2,1-4H3,(H,16,18). The summed E-state index contributed by atoms with van der Waals surface area (Å²) in [4.78, 5) is 12.0. The Morgan fingerprint density at radius 3 is 2.48 bits per heavy atom.